The van der Waals surface area contributed by atoms with Crippen molar-refractivity contribution in [3.8, 4) is 0 Å². The zero-order chi connectivity index (χ0) is 37.3. The minimum Gasteiger partial charge on any atom is -0.389 e. The zero-order valence-corrected chi connectivity index (χ0v) is 31.6. The molecule has 6 heterocycles. The lowest BCUT2D eigenvalue weighted by Gasteiger charge is -2.63. The van der Waals surface area contributed by atoms with Crippen LogP contribution < -0.4 is 4.90 Å². The maximum atomic E-state index is 14.0. The van der Waals surface area contributed by atoms with Gasteiger partial charge in [-0.15, -0.1) is 0 Å². The summed E-state index contributed by atoms with van der Waals surface area (Å²) in [7, 11) is 1.92. The molecule has 1 saturated carbocycles. The van der Waals surface area contributed by atoms with Crippen LogP contribution in [0.2, 0.25) is 0 Å². The third kappa shape index (κ3) is 4.41. The molecule has 2 bridgehead atoms. The highest BCUT2D eigenvalue weighted by Gasteiger charge is 2.78. The number of azide groups is 1. The molecule has 1 spiro atoms. The number of para-hydroxylation sites is 1. The van der Waals surface area contributed by atoms with Gasteiger partial charge in [-0.25, -0.2) is 0 Å². The number of hydrogen-bond donors (Lipinski definition) is 4. The number of H-pyrrole nitrogens is 1. The van der Waals surface area contributed by atoms with E-state index in [1.165, 1.54) is 22.2 Å². The zero-order valence-electron chi connectivity index (χ0n) is 31.6. The number of anilines is 1. The van der Waals surface area contributed by atoms with Gasteiger partial charge in [0.1, 0.15) is 6.10 Å². The number of likely N-dealkylation sites (N-methyl/N-ethyl adjacent to an activating group) is 1. The molecule has 3 fully saturated rings. The molecule has 2 saturated heterocycles. The maximum absolute atomic E-state index is 14.0. The molecule has 1 aromatic heterocycles. The Bertz CT molecular complexity index is 2110. The van der Waals surface area contributed by atoms with Crippen LogP contribution in [0, 0.1) is 18.3 Å². The summed E-state index contributed by atoms with van der Waals surface area (Å²) in [5.74, 6) is -0.778. The molecule has 4 N–H and O–H groups in total. The number of carbonyl (C=O) groups is 1. The number of piperidine rings is 1. The van der Waals surface area contributed by atoms with E-state index in [0.717, 1.165) is 67.8 Å². The number of benzene rings is 2. The molecule has 4 unspecified atom stereocenters. The Morgan fingerprint density at radius 2 is 1.89 bits per heavy atom. The van der Waals surface area contributed by atoms with E-state index < -0.39 is 45.5 Å². The van der Waals surface area contributed by atoms with Gasteiger partial charge >= 0.3 is 0 Å². The Morgan fingerprint density at radius 1 is 1.09 bits per heavy atom. The number of aliphatic hydroxyl groups excluding tert-OH is 1. The molecule has 5 aliphatic heterocycles. The van der Waals surface area contributed by atoms with Crippen LogP contribution in [0.25, 0.3) is 21.3 Å². The lowest BCUT2D eigenvalue weighted by Crippen LogP contribution is -2.80. The normalized spacial score (nSPS) is 40.0. The number of hydrogen-bond acceptors (Lipinski definition) is 7. The van der Waals surface area contributed by atoms with E-state index in [2.05, 4.69) is 88.1 Å². The highest BCUT2D eigenvalue weighted by atomic mass is 16.4. The minimum absolute atomic E-state index is 0.188. The third-order valence-corrected chi connectivity index (χ3v) is 15.2. The summed E-state index contributed by atoms with van der Waals surface area (Å²) >= 11 is 0. The molecule has 6 aliphatic rings. The second-order valence-electron chi connectivity index (χ2n) is 17.7. The molecule has 11 nitrogen and oxygen atoms in total. The Kier molecular flexibility index (Phi) is 7.70. The molecular formula is C42H53N7O4. The molecule has 1 amide bonds. The van der Waals surface area contributed by atoms with E-state index in [9.17, 15) is 25.6 Å². The molecule has 0 radical (unpaired) electrons. The molecule has 9 rings (SSSR count). The number of aliphatic hydroxyl groups is 3. The van der Waals surface area contributed by atoms with Crippen molar-refractivity contribution in [1.82, 2.24) is 14.8 Å². The fourth-order valence-electron chi connectivity index (χ4n) is 13.1. The highest BCUT2D eigenvalue weighted by molar-refractivity contribution is 5.91. The Balaban J connectivity index is 1.30. The van der Waals surface area contributed by atoms with Crippen molar-refractivity contribution in [1.29, 1.82) is 0 Å². The average Bonchev–Trinajstić information content (AvgIpc) is 3.80. The van der Waals surface area contributed by atoms with E-state index in [4.69, 9.17) is 0 Å². The fraction of sp³-hybridized carbons (Fsp3) is 0.595. The number of fused-ring (bicyclic) bond motifs is 6. The summed E-state index contributed by atoms with van der Waals surface area (Å²) in [5, 5.41) is 41.7. The van der Waals surface area contributed by atoms with Crippen molar-refractivity contribution >= 4 is 22.5 Å². The third-order valence-electron chi connectivity index (χ3n) is 15.2. The van der Waals surface area contributed by atoms with Crippen molar-refractivity contribution in [2.24, 2.45) is 16.4 Å². The van der Waals surface area contributed by atoms with E-state index >= 15 is 0 Å². The van der Waals surface area contributed by atoms with Gasteiger partial charge in [-0.2, -0.15) is 0 Å². The number of rotatable bonds is 4. The number of aromatic nitrogens is 1. The van der Waals surface area contributed by atoms with Crippen LogP contribution in [-0.2, 0) is 22.0 Å². The first-order valence-corrected chi connectivity index (χ1v) is 19.7. The first kappa shape index (κ1) is 35.0. The van der Waals surface area contributed by atoms with E-state index in [1.807, 2.05) is 24.9 Å². The van der Waals surface area contributed by atoms with E-state index in [0.29, 0.717) is 25.8 Å². The topological polar surface area (TPSA) is 152 Å². The summed E-state index contributed by atoms with van der Waals surface area (Å²) < 4.78 is 0. The molecular weight excluding hydrogens is 667 g/mol. The van der Waals surface area contributed by atoms with Crippen LogP contribution in [0.15, 0.2) is 53.7 Å². The fourth-order valence-corrected chi connectivity index (χ4v) is 13.1. The lowest BCUT2D eigenvalue weighted by atomic mass is 9.47. The number of aryl methyl sites for hydroxylation is 1. The first-order valence-electron chi connectivity index (χ1n) is 19.7. The number of aromatic amines is 1. The average molecular weight is 720 g/mol. The number of amides is 1. The smallest absolute Gasteiger partial charge is 0.255 e. The van der Waals surface area contributed by atoms with Gasteiger partial charge in [0, 0.05) is 82.7 Å². The van der Waals surface area contributed by atoms with Crippen molar-refractivity contribution in [2.45, 2.75) is 106 Å². The van der Waals surface area contributed by atoms with Gasteiger partial charge in [0.05, 0.1) is 11.6 Å². The molecule has 10 atom stereocenters. The number of nitrogens with zero attached hydrogens (tertiary/aromatic N) is 6. The van der Waals surface area contributed by atoms with Crippen molar-refractivity contribution in [3.05, 3.63) is 86.9 Å². The summed E-state index contributed by atoms with van der Waals surface area (Å²) in [6.45, 7) is 12.7. The standard InChI is InChI=1S/C42H53N7O4/c1-6-39(52)22-26-21-38(4,33-28(13-17-48(23-26)24-39)27-11-8-9-12-31(27)44-33)29-20-30-32(19-25(29)3)47(5)35-41(30)15-18-49-16-10-14-40(7-2,34(41)49)36(50)42(35,53)37(51)45-46-43/h8-12,14,19-20,26,34-36,44,50,52-53H,6-7,13,15-18,21-24H2,1-5H3/t26-,34?,35?,36+,38+,39?,40+,41?,42-/m0/s1. The van der Waals surface area contributed by atoms with Gasteiger partial charge < -0.3 is 25.2 Å². The van der Waals surface area contributed by atoms with E-state index in [1.54, 1.807) is 0 Å². The number of nitrogens with one attached hydrogen (secondary N) is 1. The quantitative estimate of drug-likeness (QED) is 0.125. The largest absolute Gasteiger partial charge is 0.389 e. The number of carbonyl (C=O) groups excluding carboxylic acids is 1. The molecule has 2 aromatic carbocycles. The lowest BCUT2D eigenvalue weighted by molar-refractivity contribution is -0.201. The second kappa shape index (κ2) is 11.7. The summed E-state index contributed by atoms with van der Waals surface area (Å²) in [4.78, 5) is 27.7. The Hall–Kier alpha value is -3.70. The van der Waals surface area contributed by atoms with Gasteiger partial charge in [0.2, 0.25) is 0 Å². The van der Waals surface area contributed by atoms with Crippen molar-refractivity contribution in [2.75, 3.05) is 44.7 Å². The van der Waals surface area contributed by atoms with Crippen LogP contribution in [0.3, 0.4) is 0 Å². The maximum Gasteiger partial charge on any atom is 0.255 e. The van der Waals surface area contributed by atoms with E-state index in [-0.39, 0.29) is 12.0 Å². The summed E-state index contributed by atoms with van der Waals surface area (Å²) in [6, 6.07) is 12.2. The van der Waals surface area contributed by atoms with Crippen LogP contribution in [-0.4, -0.2) is 105 Å². The monoisotopic (exact) mass is 719 g/mol. The summed E-state index contributed by atoms with van der Waals surface area (Å²) in [6.07, 6.45) is 6.96. The van der Waals surface area contributed by atoms with Crippen LogP contribution in [0.5, 0.6) is 0 Å². The van der Waals surface area contributed by atoms with Gasteiger partial charge in [0.25, 0.3) is 5.91 Å². The minimum atomic E-state index is -2.35. The Labute approximate surface area is 311 Å². The molecule has 280 valence electrons. The highest BCUT2D eigenvalue weighted by Crippen LogP contribution is 2.67. The van der Waals surface area contributed by atoms with Gasteiger partial charge in [-0.1, -0.05) is 50.3 Å². The van der Waals surface area contributed by atoms with Gasteiger partial charge in [-0.05, 0) is 110 Å². The summed E-state index contributed by atoms with van der Waals surface area (Å²) in [5.41, 5.74) is 12.2. The molecule has 3 aromatic rings. The second-order valence-corrected chi connectivity index (χ2v) is 17.7. The Morgan fingerprint density at radius 3 is 2.64 bits per heavy atom. The van der Waals surface area contributed by atoms with Crippen LogP contribution >= 0.6 is 0 Å². The van der Waals surface area contributed by atoms with Gasteiger partial charge in [0.15, 0.2) is 5.60 Å². The van der Waals surface area contributed by atoms with Crippen molar-refractivity contribution in [3.63, 3.8) is 0 Å². The first-order chi connectivity index (χ1) is 25.3. The van der Waals surface area contributed by atoms with Crippen LogP contribution in [0.1, 0.15) is 80.8 Å². The van der Waals surface area contributed by atoms with Crippen LogP contribution in [0.4, 0.5) is 5.69 Å². The molecule has 1 aliphatic carbocycles. The predicted molar refractivity (Wildman–Crippen MR) is 205 cm³/mol. The molecule has 53 heavy (non-hydrogen) atoms. The SMILES string of the molecule is CCC1(O)C[C@H]2C[N@](CCc3c([nH]c4ccccc34)[C@@](C)(c3cc4c(cc3C)N(C)C3C45CCN4CC=C[C@](CC)(C45)[C@@H](O)[C@]3(O)C(=O)N=[N+]=[N-])C2)C1. The van der Waals surface area contributed by atoms with Crippen molar-refractivity contribution < 1.29 is 20.1 Å². The van der Waals surface area contributed by atoms with Gasteiger partial charge in [-0.3, -0.25) is 14.6 Å². The molecule has 11 heteroatoms. The predicted octanol–water partition coefficient (Wildman–Crippen LogP) is 5.23.